The van der Waals surface area contributed by atoms with E-state index in [2.05, 4.69) is 0 Å². The lowest BCUT2D eigenvalue weighted by atomic mass is 10.0. The second-order valence-electron chi connectivity index (χ2n) is 8.40. The van der Waals surface area contributed by atoms with Gasteiger partial charge in [-0.2, -0.15) is 0 Å². The minimum absolute atomic E-state index is 0.0988. The largest absolute Gasteiger partial charge is 0.504 e. The smallest absolute Gasteiger partial charge is 0.338 e. The molecule has 0 aliphatic heterocycles. The van der Waals surface area contributed by atoms with Gasteiger partial charge in [0.1, 0.15) is 11.1 Å². The van der Waals surface area contributed by atoms with Crippen molar-refractivity contribution in [2.75, 3.05) is 14.2 Å². The molecule has 0 bridgehead atoms. The van der Waals surface area contributed by atoms with Gasteiger partial charge in [0.05, 0.1) is 25.6 Å². The lowest BCUT2D eigenvalue weighted by Gasteiger charge is -2.17. The van der Waals surface area contributed by atoms with Crippen molar-refractivity contribution in [3.8, 4) is 45.5 Å². The van der Waals surface area contributed by atoms with E-state index in [0.717, 1.165) is 11.1 Å². The number of methoxy groups -OCH3 is 2. The van der Waals surface area contributed by atoms with Gasteiger partial charge in [0.25, 0.3) is 0 Å². The Bertz CT molecular complexity index is 1410. The van der Waals surface area contributed by atoms with Crippen molar-refractivity contribution in [3.05, 3.63) is 82.9 Å². The molecular weight excluding hydrogens is 478 g/mol. The first-order chi connectivity index (χ1) is 17.7. The fraction of sp³-hybridized carbons (Fsp3) is 0.143. The molecule has 190 valence electrons. The number of carbonyl (C=O) groups is 2. The summed E-state index contributed by atoms with van der Waals surface area (Å²) < 4.78 is 12.1. The molecule has 1 heterocycles. The Labute approximate surface area is 212 Å². The number of aromatic carboxylic acids is 2. The number of ether oxygens (including phenoxy) is 2. The number of carboxylic acids is 2. The van der Waals surface area contributed by atoms with Crippen LogP contribution in [0.1, 0.15) is 31.8 Å². The molecule has 4 rings (SSSR count). The zero-order chi connectivity index (χ0) is 26.9. The lowest BCUT2D eigenvalue weighted by Crippen LogP contribution is -2.07. The monoisotopic (exact) mass is 503 g/mol. The number of phenols is 2. The number of aryl methyl sites for hydroxylation is 1. The summed E-state index contributed by atoms with van der Waals surface area (Å²) >= 11 is 0. The SMILES string of the molecule is COc1cc(-c2c(C(=O)O)c(C(=O)O)c(-c3ccc(O)c(OC)c3)n2Cc2ccc(C)cc2)ccc1O. The average Bonchev–Trinajstić information content (AvgIpc) is 3.21. The molecule has 9 nitrogen and oxygen atoms in total. The molecule has 9 heteroatoms. The maximum absolute atomic E-state index is 12.6. The third-order valence-corrected chi connectivity index (χ3v) is 6.06. The number of hydrogen-bond donors (Lipinski definition) is 4. The first-order valence-electron chi connectivity index (χ1n) is 11.2. The Morgan fingerprint density at radius 3 is 1.54 bits per heavy atom. The summed E-state index contributed by atoms with van der Waals surface area (Å²) in [5, 5.41) is 40.7. The molecule has 0 saturated carbocycles. The van der Waals surface area contributed by atoms with Crippen molar-refractivity contribution < 1.29 is 39.5 Å². The van der Waals surface area contributed by atoms with Crippen molar-refractivity contribution in [2.24, 2.45) is 0 Å². The van der Waals surface area contributed by atoms with Crippen LogP contribution in [0.4, 0.5) is 0 Å². The summed E-state index contributed by atoms with van der Waals surface area (Å²) in [6.07, 6.45) is 0. The summed E-state index contributed by atoms with van der Waals surface area (Å²) in [6, 6.07) is 16.2. The van der Waals surface area contributed by atoms with Crippen LogP contribution in [0, 0.1) is 6.92 Å². The van der Waals surface area contributed by atoms with Gasteiger partial charge in [0.2, 0.25) is 0 Å². The van der Waals surface area contributed by atoms with Gasteiger partial charge < -0.3 is 34.5 Å². The molecule has 0 fully saturated rings. The van der Waals surface area contributed by atoms with E-state index in [9.17, 15) is 30.0 Å². The predicted octanol–water partition coefficient (Wildman–Crippen LogP) is 5.00. The van der Waals surface area contributed by atoms with E-state index in [1.807, 2.05) is 31.2 Å². The molecule has 0 amide bonds. The minimum Gasteiger partial charge on any atom is -0.504 e. The van der Waals surface area contributed by atoms with Gasteiger partial charge in [0.15, 0.2) is 23.0 Å². The van der Waals surface area contributed by atoms with Crippen molar-refractivity contribution in [2.45, 2.75) is 13.5 Å². The topological polar surface area (TPSA) is 138 Å². The standard InChI is InChI=1S/C28H25NO8/c1-15-4-6-16(7-5-15)14-29-25(17-8-10-19(30)21(12-17)36-2)23(27(32)33)24(28(34)35)26(29)18-9-11-20(31)22(13-18)37-3/h4-13,30-31H,14H2,1-3H3,(H,32,33)(H,34,35). The van der Waals surface area contributed by atoms with Gasteiger partial charge in [-0.1, -0.05) is 29.8 Å². The second kappa shape index (κ2) is 9.98. The number of carboxylic acid groups (broad SMARTS) is 2. The zero-order valence-corrected chi connectivity index (χ0v) is 20.3. The first kappa shape index (κ1) is 25.2. The fourth-order valence-electron chi connectivity index (χ4n) is 4.32. The van der Waals surface area contributed by atoms with Crippen LogP contribution < -0.4 is 9.47 Å². The molecule has 4 aromatic rings. The number of rotatable bonds is 8. The Hall–Kier alpha value is -4.92. The van der Waals surface area contributed by atoms with Crippen LogP contribution in [-0.4, -0.2) is 51.2 Å². The molecule has 3 aromatic carbocycles. The Kier molecular flexibility index (Phi) is 6.79. The summed E-state index contributed by atoms with van der Waals surface area (Å²) in [4.78, 5) is 25.2. The van der Waals surface area contributed by atoms with E-state index in [1.54, 1.807) is 4.57 Å². The molecule has 0 spiro atoms. The lowest BCUT2D eigenvalue weighted by molar-refractivity contribution is 0.0654. The normalized spacial score (nSPS) is 10.8. The van der Waals surface area contributed by atoms with Crippen LogP contribution in [0.25, 0.3) is 22.5 Å². The first-order valence-corrected chi connectivity index (χ1v) is 11.2. The van der Waals surface area contributed by atoms with E-state index in [-0.39, 0.29) is 40.9 Å². The van der Waals surface area contributed by atoms with E-state index in [1.165, 1.54) is 50.6 Å². The van der Waals surface area contributed by atoms with E-state index < -0.39 is 23.1 Å². The zero-order valence-electron chi connectivity index (χ0n) is 20.3. The number of benzene rings is 3. The molecular formula is C28H25NO8. The van der Waals surface area contributed by atoms with Crippen molar-refractivity contribution in [1.29, 1.82) is 0 Å². The van der Waals surface area contributed by atoms with Gasteiger partial charge in [-0.05, 0) is 48.9 Å². The molecule has 0 aliphatic rings. The minimum atomic E-state index is -1.44. The van der Waals surface area contributed by atoms with Crippen molar-refractivity contribution in [1.82, 2.24) is 4.57 Å². The summed E-state index contributed by atoms with van der Waals surface area (Å²) in [5.41, 5.74) is 1.88. The van der Waals surface area contributed by atoms with Gasteiger partial charge in [-0.15, -0.1) is 0 Å². The number of aromatic hydroxyl groups is 2. The fourth-order valence-corrected chi connectivity index (χ4v) is 4.32. The van der Waals surface area contributed by atoms with E-state index in [4.69, 9.17) is 9.47 Å². The predicted molar refractivity (Wildman–Crippen MR) is 136 cm³/mol. The quantitative estimate of drug-likeness (QED) is 0.263. The van der Waals surface area contributed by atoms with Crippen LogP contribution in [0.2, 0.25) is 0 Å². The third kappa shape index (κ3) is 4.66. The highest BCUT2D eigenvalue weighted by molar-refractivity contribution is 6.11. The van der Waals surface area contributed by atoms with Crippen LogP contribution >= 0.6 is 0 Å². The van der Waals surface area contributed by atoms with E-state index >= 15 is 0 Å². The molecule has 0 aliphatic carbocycles. The van der Waals surface area contributed by atoms with Crippen LogP contribution in [-0.2, 0) is 6.54 Å². The van der Waals surface area contributed by atoms with Gasteiger partial charge in [-0.3, -0.25) is 0 Å². The Balaban J connectivity index is 2.15. The number of nitrogens with zero attached hydrogens (tertiary/aromatic N) is 1. The maximum Gasteiger partial charge on any atom is 0.338 e. The van der Waals surface area contributed by atoms with E-state index in [0.29, 0.717) is 11.1 Å². The van der Waals surface area contributed by atoms with Crippen LogP contribution in [0.3, 0.4) is 0 Å². The van der Waals surface area contributed by atoms with Crippen molar-refractivity contribution in [3.63, 3.8) is 0 Å². The average molecular weight is 504 g/mol. The molecule has 0 radical (unpaired) electrons. The number of phenolic OH excluding ortho intramolecular Hbond substituents is 2. The summed E-state index contributed by atoms with van der Waals surface area (Å²) in [7, 11) is 2.72. The van der Waals surface area contributed by atoms with Gasteiger partial charge in [0, 0.05) is 17.7 Å². The molecule has 1 aromatic heterocycles. The Morgan fingerprint density at radius 2 is 1.16 bits per heavy atom. The summed E-state index contributed by atoms with van der Waals surface area (Å²) in [6.45, 7) is 2.07. The highest BCUT2D eigenvalue weighted by atomic mass is 16.5. The molecule has 0 saturated heterocycles. The summed E-state index contributed by atoms with van der Waals surface area (Å²) in [5.74, 6) is -2.98. The number of hydrogen-bond acceptors (Lipinski definition) is 6. The van der Waals surface area contributed by atoms with Gasteiger partial charge >= 0.3 is 11.9 Å². The Morgan fingerprint density at radius 1 is 0.730 bits per heavy atom. The highest BCUT2D eigenvalue weighted by Gasteiger charge is 2.33. The maximum atomic E-state index is 12.6. The molecule has 0 atom stereocenters. The van der Waals surface area contributed by atoms with Crippen molar-refractivity contribution >= 4 is 11.9 Å². The van der Waals surface area contributed by atoms with Crippen LogP contribution in [0.15, 0.2) is 60.7 Å². The van der Waals surface area contributed by atoms with Crippen LogP contribution in [0.5, 0.6) is 23.0 Å². The molecule has 4 N–H and O–H groups in total. The highest BCUT2D eigenvalue weighted by Crippen LogP contribution is 2.42. The third-order valence-electron chi connectivity index (χ3n) is 6.06. The molecule has 37 heavy (non-hydrogen) atoms. The van der Waals surface area contributed by atoms with Gasteiger partial charge in [-0.25, -0.2) is 9.59 Å². The second-order valence-corrected chi connectivity index (χ2v) is 8.40. The molecule has 0 unspecified atom stereocenters. The number of aromatic nitrogens is 1.